The summed E-state index contributed by atoms with van der Waals surface area (Å²) in [6, 6.07) is 13.4. The fourth-order valence-corrected chi connectivity index (χ4v) is 2.97. The van der Waals surface area contributed by atoms with Gasteiger partial charge < -0.3 is 19.1 Å². The third-order valence-corrected chi connectivity index (χ3v) is 4.29. The number of para-hydroxylation sites is 1. The van der Waals surface area contributed by atoms with Crippen LogP contribution < -0.4 is 20.1 Å². The molecule has 0 radical (unpaired) electrons. The molecular weight excluding hydrogens is 387 g/mol. The Kier molecular flexibility index (Phi) is 5.32. The fraction of sp³-hybridized carbons (Fsp3) is 0.200. The van der Waals surface area contributed by atoms with Crippen LogP contribution in [0.1, 0.15) is 5.56 Å². The zero-order chi connectivity index (χ0) is 20.3. The average molecular weight is 405 g/mol. The van der Waals surface area contributed by atoms with Crippen LogP contribution >= 0.6 is 0 Å². The summed E-state index contributed by atoms with van der Waals surface area (Å²) in [4.78, 5) is 1.98. The van der Waals surface area contributed by atoms with Crippen LogP contribution in [0, 0.1) is 0 Å². The van der Waals surface area contributed by atoms with Crippen LogP contribution in [-0.4, -0.2) is 19.3 Å². The first-order valence-electron chi connectivity index (χ1n) is 8.82. The standard InChI is InChI=1S/C20H18F3N3O3/c21-20(22,23)29-17-7-5-16(6-8-17)26-10-9-19(24-26)28-13-15-3-1-2-4-18(15)25-11-12-27-14-25/h1-12,19,24H,13-14H2. The Labute approximate surface area is 165 Å². The maximum atomic E-state index is 12.3. The number of anilines is 2. The third-order valence-electron chi connectivity index (χ3n) is 4.29. The molecule has 0 aromatic heterocycles. The molecule has 2 aliphatic heterocycles. The number of benzene rings is 2. The molecule has 0 amide bonds. The molecule has 152 valence electrons. The first-order valence-corrected chi connectivity index (χ1v) is 8.82. The molecule has 2 aromatic carbocycles. The number of hydrazine groups is 1. The topological polar surface area (TPSA) is 46.2 Å². The van der Waals surface area contributed by atoms with E-state index in [4.69, 9.17) is 9.47 Å². The van der Waals surface area contributed by atoms with E-state index in [2.05, 4.69) is 10.2 Å². The number of nitrogens with one attached hydrogen (secondary N) is 1. The predicted molar refractivity (Wildman–Crippen MR) is 100 cm³/mol. The molecule has 1 atom stereocenters. The molecule has 1 unspecified atom stereocenters. The van der Waals surface area contributed by atoms with Gasteiger partial charge in [0.25, 0.3) is 0 Å². The van der Waals surface area contributed by atoms with E-state index < -0.39 is 6.36 Å². The van der Waals surface area contributed by atoms with Gasteiger partial charge in [0.05, 0.1) is 12.3 Å². The first-order chi connectivity index (χ1) is 14.0. The van der Waals surface area contributed by atoms with Crippen molar-refractivity contribution in [2.24, 2.45) is 0 Å². The summed E-state index contributed by atoms with van der Waals surface area (Å²) in [5, 5.41) is 1.67. The molecule has 29 heavy (non-hydrogen) atoms. The minimum atomic E-state index is -4.71. The lowest BCUT2D eigenvalue weighted by Crippen LogP contribution is -2.36. The van der Waals surface area contributed by atoms with Crippen LogP contribution in [0.3, 0.4) is 0 Å². The van der Waals surface area contributed by atoms with Gasteiger partial charge in [0.2, 0.25) is 0 Å². The molecule has 2 heterocycles. The van der Waals surface area contributed by atoms with E-state index >= 15 is 0 Å². The smallest absolute Gasteiger partial charge is 0.479 e. The highest BCUT2D eigenvalue weighted by molar-refractivity contribution is 5.56. The monoisotopic (exact) mass is 405 g/mol. The third kappa shape index (κ3) is 4.82. The van der Waals surface area contributed by atoms with Crippen LogP contribution in [0.15, 0.2) is 73.3 Å². The van der Waals surface area contributed by atoms with Gasteiger partial charge in [0.1, 0.15) is 18.2 Å². The van der Waals surface area contributed by atoms with E-state index in [-0.39, 0.29) is 12.0 Å². The Bertz CT molecular complexity index is 900. The van der Waals surface area contributed by atoms with E-state index in [9.17, 15) is 13.2 Å². The molecule has 1 N–H and O–H groups in total. The van der Waals surface area contributed by atoms with E-state index in [0.29, 0.717) is 19.0 Å². The van der Waals surface area contributed by atoms with Crippen molar-refractivity contribution in [3.63, 3.8) is 0 Å². The van der Waals surface area contributed by atoms with Crippen molar-refractivity contribution < 1.29 is 27.4 Å². The molecule has 2 aliphatic rings. The molecule has 9 heteroatoms. The number of hydrogen-bond donors (Lipinski definition) is 1. The van der Waals surface area contributed by atoms with E-state index in [0.717, 1.165) is 11.3 Å². The summed E-state index contributed by atoms with van der Waals surface area (Å²) in [5.74, 6) is -0.270. The van der Waals surface area contributed by atoms with Crippen LogP contribution in [0.25, 0.3) is 0 Å². The van der Waals surface area contributed by atoms with Crippen LogP contribution in [-0.2, 0) is 16.1 Å². The predicted octanol–water partition coefficient (Wildman–Crippen LogP) is 4.23. The normalized spacial score (nSPS) is 18.4. The van der Waals surface area contributed by atoms with Crippen molar-refractivity contribution in [3.8, 4) is 5.75 Å². The largest absolute Gasteiger partial charge is 0.573 e. The number of hydrogen-bond acceptors (Lipinski definition) is 6. The molecule has 0 spiro atoms. The van der Waals surface area contributed by atoms with Crippen molar-refractivity contribution in [2.75, 3.05) is 16.6 Å². The Hall–Kier alpha value is -3.17. The van der Waals surface area contributed by atoms with Crippen molar-refractivity contribution >= 4 is 11.4 Å². The van der Waals surface area contributed by atoms with Crippen molar-refractivity contribution in [1.82, 2.24) is 5.43 Å². The summed E-state index contributed by atoms with van der Waals surface area (Å²) in [6.45, 7) is 0.829. The van der Waals surface area contributed by atoms with Gasteiger partial charge in [-0.25, -0.2) is 0 Å². The van der Waals surface area contributed by atoms with Crippen LogP contribution in [0.5, 0.6) is 5.75 Å². The van der Waals surface area contributed by atoms with Crippen molar-refractivity contribution in [3.05, 3.63) is 78.8 Å². The molecule has 2 aromatic rings. The second kappa shape index (κ2) is 8.06. The van der Waals surface area contributed by atoms with Gasteiger partial charge in [-0.3, -0.25) is 5.01 Å². The van der Waals surface area contributed by atoms with Gasteiger partial charge in [-0.05, 0) is 36.4 Å². The van der Waals surface area contributed by atoms with Gasteiger partial charge in [-0.15, -0.1) is 13.2 Å². The van der Waals surface area contributed by atoms with E-state index in [1.165, 1.54) is 24.3 Å². The molecule has 4 rings (SSSR count). The van der Waals surface area contributed by atoms with Crippen LogP contribution in [0.4, 0.5) is 24.5 Å². The fourth-order valence-electron chi connectivity index (χ4n) is 2.97. The van der Waals surface area contributed by atoms with Gasteiger partial charge >= 0.3 is 6.36 Å². The summed E-state index contributed by atoms with van der Waals surface area (Å²) >= 11 is 0. The molecular formula is C20H18F3N3O3. The van der Waals surface area contributed by atoms with Crippen LogP contribution in [0.2, 0.25) is 0 Å². The maximum absolute atomic E-state index is 12.3. The van der Waals surface area contributed by atoms with E-state index in [1.807, 2.05) is 41.4 Å². The molecule has 0 bridgehead atoms. The minimum absolute atomic E-state index is 0.270. The molecule has 0 saturated heterocycles. The Morgan fingerprint density at radius 1 is 1.07 bits per heavy atom. The lowest BCUT2D eigenvalue weighted by atomic mass is 10.2. The molecule has 0 saturated carbocycles. The summed E-state index contributed by atoms with van der Waals surface area (Å²) < 4.78 is 51.8. The lowest BCUT2D eigenvalue weighted by Gasteiger charge is -2.22. The zero-order valence-electron chi connectivity index (χ0n) is 15.2. The minimum Gasteiger partial charge on any atom is -0.479 e. The summed E-state index contributed by atoms with van der Waals surface area (Å²) in [7, 11) is 0. The molecule has 0 aliphatic carbocycles. The second-order valence-electron chi connectivity index (χ2n) is 6.29. The number of halogens is 3. The van der Waals surface area contributed by atoms with Crippen molar-refractivity contribution in [2.45, 2.75) is 19.2 Å². The number of rotatable bonds is 6. The second-order valence-corrected chi connectivity index (χ2v) is 6.29. The zero-order valence-corrected chi connectivity index (χ0v) is 15.2. The Balaban J connectivity index is 1.33. The number of alkyl halides is 3. The first kappa shape index (κ1) is 19.2. The van der Waals surface area contributed by atoms with Gasteiger partial charge in [0.15, 0.2) is 6.73 Å². The Morgan fingerprint density at radius 2 is 1.86 bits per heavy atom. The Morgan fingerprint density at radius 3 is 2.59 bits per heavy atom. The highest BCUT2D eigenvalue weighted by atomic mass is 19.4. The maximum Gasteiger partial charge on any atom is 0.573 e. The van der Waals surface area contributed by atoms with E-state index in [1.54, 1.807) is 17.5 Å². The SMILES string of the molecule is FC(F)(F)Oc1ccc(N2C=CC(OCc3ccccc3N3C=COC3)N2)cc1. The molecule has 6 nitrogen and oxygen atoms in total. The lowest BCUT2D eigenvalue weighted by molar-refractivity contribution is -0.274. The van der Waals surface area contributed by atoms with Crippen molar-refractivity contribution in [1.29, 1.82) is 0 Å². The molecule has 0 fully saturated rings. The highest BCUT2D eigenvalue weighted by Gasteiger charge is 2.31. The average Bonchev–Trinajstić information content (AvgIpc) is 3.38. The quantitative estimate of drug-likeness (QED) is 0.776. The number of nitrogens with zero attached hydrogens (tertiary/aromatic N) is 2. The van der Waals surface area contributed by atoms with Gasteiger partial charge in [-0.2, -0.15) is 5.43 Å². The van der Waals surface area contributed by atoms with Gasteiger partial charge in [0, 0.05) is 23.7 Å². The highest BCUT2D eigenvalue weighted by Crippen LogP contribution is 2.27. The summed E-state index contributed by atoms with van der Waals surface area (Å²) in [5.41, 5.74) is 5.78. The van der Waals surface area contributed by atoms with Gasteiger partial charge in [-0.1, -0.05) is 18.2 Å². The number of ether oxygens (including phenoxy) is 3. The summed E-state index contributed by atoms with van der Waals surface area (Å²) in [6.07, 6.45) is 2.00.